The Morgan fingerprint density at radius 2 is 2.00 bits per heavy atom. The number of pyridine rings is 1. The van der Waals surface area contributed by atoms with Gasteiger partial charge in [0.2, 0.25) is 10.0 Å². The van der Waals surface area contributed by atoms with E-state index in [-0.39, 0.29) is 15.3 Å². The molecule has 1 aromatic heterocycles. The lowest BCUT2D eigenvalue weighted by molar-refractivity contribution is 0.217. The zero-order valence-electron chi connectivity index (χ0n) is 12.8. The summed E-state index contributed by atoms with van der Waals surface area (Å²) in [7, 11) is -3.55. The van der Waals surface area contributed by atoms with Crippen LogP contribution in [0.25, 0.3) is 0 Å². The van der Waals surface area contributed by atoms with E-state index in [1.54, 1.807) is 4.31 Å². The molecule has 1 aromatic rings. The molecular weight excluding hydrogens is 308 g/mol. The molecule has 2 rings (SSSR count). The molecule has 0 saturated carbocycles. The number of nitrogens with zero attached hydrogens (tertiary/aromatic N) is 2. The first-order valence-electron chi connectivity index (χ1n) is 7.32. The Hall–Kier alpha value is -0.650. The molecular formula is C15H23ClN2O2S. The summed E-state index contributed by atoms with van der Waals surface area (Å²) < 4.78 is 27.0. The third-order valence-electron chi connectivity index (χ3n) is 4.26. The van der Waals surface area contributed by atoms with Gasteiger partial charge in [0.05, 0.1) is 5.02 Å². The second-order valence-electron chi connectivity index (χ2n) is 6.70. The summed E-state index contributed by atoms with van der Waals surface area (Å²) in [6.07, 6.45) is 5.68. The normalized spacial score (nSPS) is 22.0. The van der Waals surface area contributed by atoms with Gasteiger partial charge in [-0.1, -0.05) is 32.4 Å². The minimum absolute atomic E-state index is 0.112. The fourth-order valence-electron chi connectivity index (χ4n) is 2.87. The smallest absolute Gasteiger partial charge is 0.246 e. The minimum atomic E-state index is -3.55. The Morgan fingerprint density at radius 3 is 2.62 bits per heavy atom. The van der Waals surface area contributed by atoms with Crippen LogP contribution in [-0.4, -0.2) is 30.8 Å². The highest BCUT2D eigenvalue weighted by atomic mass is 35.5. The van der Waals surface area contributed by atoms with Crippen LogP contribution >= 0.6 is 11.6 Å². The van der Waals surface area contributed by atoms with Crippen molar-refractivity contribution in [1.29, 1.82) is 0 Å². The third-order valence-corrected chi connectivity index (χ3v) is 6.63. The van der Waals surface area contributed by atoms with E-state index in [1.807, 2.05) is 0 Å². The molecule has 0 aliphatic carbocycles. The summed E-state index contributed by atoms with van der Waals surface area (Å²) in [6, 6.07) is 1.52. The molecule has 2 heterocycles. The van der Waals surface area contributed by atoms with Crippen LogP contribution in [0.3, 0.4) is 0 Å². The molecule has 1 aliphatic heterocycles. The molecule has 0 amide bonds. The van der Waals surface area contributed by atoms with Gasteiger partial charge in [0, 0.05) is 25.5 Å². The highest BCUT2D eigenvalue weighted by molar-refractivity contribution is 7.89. The summed E-state index contributed by atoms with van der Waals surface area (Å²) in [5.41, 5.74) is 0.214. The summed E-state index contributed by atoms with van der Waals surface area (Å²) in [5, 5.41) is 0.238. The highest BCUT2D eigenvalue weighted by Gasteiger charge is 2.32. The van der Waals surface area contributed by atoms with Gasteiger partial charge in [0.1, 0.15) is 4.90 Å². The second kappa shape index (κ2) is 6.23. The van der Waals surface area contributed by atoms with Crippen molar-refractivity contribution < 1.29 is 8.42 Å². The lowest BCUT2D eigenvalue weighted by Crippen LogP contribution is -2.32. The molecule has 0 bridgehead atoms. The average Bonchev–Trinajstić information content (AvgIpc) is 2.64. The molecule has 0 spiro atoms. The predicted molar refractivity (Wildman–Crippen MR) is 84.8 cm³/mol. The van der Waals surface area contributed by atoms with E-state index in [1.165, 1.54) is 18.5 Å². The van der Waals surface area contributed by atoms with Crippen molar-refractivity contribution in [3.05, 3.63) is 23.5 Å². The largest absolute Gasteiger partial charge is 0.263 e. The van der Waals surface area contributed by atoms with Gasteiger partial charge in [-0.2, -0.15) is 4.31 Å². The molecule has 0 aromatic carbocycles. The predicted octanol–water partition coefficient (Wildman–Crippen LogP) is 3.57. The van der Waals surface area contributed by atoms with Gasteiger partial charge < -0.3 is 0 Å². The Balaban J connectivity index is 2.21. The fraction of sp³-hybridized carbons (Fsp3) is 0.667. The summed E-state index contributed by atoms with van der Waals surface area (Å²) in [4.78, 5) is 4.01. The Kier molecular flexibility index (Phi) is 4.96. The van der Waals surface area contributed by atoms with Crippen LogP contribution in [0.4, 0.5) is 0 Å². The first kappa shape index (κ1) is 16.7. The van der Waals surface area contributed by atoms with Crippen LogP contribution in [0.1, 0.15) is 40.0 Å². The maximum absolute atomic E-state index is 12.7. The summed E-state index contributed by atoms with van der Waals surface area (Å²) in [5.74, 6) is 0.544. The van der Waals surface area contributed by atoms with E-state index < -0.39 is 10.0 Å². The Bertz CT molecular complexity index is 596. The molecule has 1 atom stereocenters. The van der Waals surface area contributed by atoms with Crippen molar-refractivity contribution in [3.63, 3.8) is 0 Å². The quantitative estimate of drug-likeness (QED) is 0.833. The number of hydrogen-bond donors (Lipinski definition) is 0. The Labute approximate surface area is 132 Å². The second-order valence-corrected chi connectivity index (χ2v) is 9.02. The summed E-state index contributed by atoms with van der Waals surface area (Å²) >= 11 is 6.02. The van der Waals surface area contributed by atoms with Gasteiger partial charge in [0.15, 0.2) is 0 Å². The summed E-state index contributed by atoms with van der Waals surface area (Å²) in [6.45, 7) is 7.77. The van der Waals surface area contributed by atoms with Crippen LogP contribution < -0.4 is 0 Å². The van der Waals surface area contributed by atoms with Gasteiger partial charge in [-0.15, -0.1) is 0 Å². The lowest BCUT2D eigenvalue weighted by atomic mass is 9.77. The zero-order chi connectivity index (χ0) is 15.7. The number of aromatic nitrogens is 1. The monoisotopic (exact) mass is 330 g/mol. The van der Waals surface area contributed by atoms with Crippen molar-refractivity contribution in [1.82, 2.24) is 9.29 Å². The van der Waals surface area contributed by atoms with E-state index >= 15 is 0 Å². The van der Waals surface area contributed by atoms with Gasteiger partial charge >= 0.3 is 0 Å². The SMILES string of the molecule is CC(C)(C)C1CCCN(S(=O)(=O)c2cnccc2Cl)CC1. The molecule has 118 valence electrons. The Morgan fingerprint density at radius 1 is 1.29 bits per heavy atom. The standard InChI is InChI=1S/C15H23ClN2O2S/c1-15(2,3)12-5-4-9-18(10-7-12)21(19,20)14-11-17-8-6-13(14)16/h6,8,11-12H,4-5,7,9-10H2,1-3H3. The molecule has 0 N–H and O–H groups in total. The van der Waals surface area contributed by atoms with Crippen molar-refractivity contribution in [3.8, 4) is 0 Å². The number of rotatable bonds is 2. The van der Waals surface area contributed by atoms with Crippen LogP contribution in [0, 0.1) is 11.3 Å². The van der Waals surface area contributed by atoms with Crippen LogP contribution in [0.5, 0.6) is 0 Å². The molecule has 0 radical (unpaired) electrons. The molecule has 1 unspecified atom stereocenters. The van der Waals surface area contributed by atoms with Crippen LogP contribution in [0.15, 0.2) is 23.4 Å². The van der Waals surface area contributed by atoms with Gasteiger partial charge in [-0.25, -0.2) is 8.42 Å². The molecule has 21 heavy (non-hydrogen) atoms. The maximum Gasteiger partial charge on any atom is 0.246 e. The van der Waals surface area contributed by atoms with Gasteiger partial charge in [-0.3, -0.25) is 4.98 Å². The molecule has 1 fully saturated rings. The van der Waals surface area contributed by atoms with Crippen molar-refractivity contribution in [2.45, 2.75) is 44.9 Å². The third kappa shape index (κ3) is 3.76. The fourth-order valence-corrected chi connectivity index (χ4v) is 4.77. The molecule has 4 nitrogen and oxygen atoms in total. The molecule has 6 heteroatoms. The highest BCUT2D eigenvalue weighted by Crippen LogP contribution is 2.35. The number of halogens is 1. The van der Waals surface area contributed by atoms with Crippen molar-refractivity contribution in [2.24, 2.45) is 11.3 Å². The number of hydrogen-bond acceptors (Lipinski definition) is 3. The first-order valence-corrected chi connectivity index (χ1v) is 9.14. The van der Waals surface area contributed by atoms with E-state index in [2.05, 4.69) is 25.8 Å². The zero-order valence-corrected chi connectivity index (χ0v) is 14.4. The van der Waals surface area contributed by atoms with E-state index in [4.69, 9.17) is 11.6 Å². The van der Waals surface area contributed by atoms with E-state index in [0.29, 0.717) is 19.0 Å². The molecule has 1 saturated heterocycles. The van der Waals surface area contributed by atoms with Crippen LogP contribution in [0.2, 0.25) is 5.02 Å². The van der Waals surface area contributed by atoms with Crippen molar-refractivity contribution >= 4 is 21.6 Å². The number of sulfonamides is 1. The van der Waals surface area contributed by atoms with Gasteiger partial charge in [0.25, 0.3) is 0 Å². The van der Waals surface area contributed by atoms with E-state index in [9.17, 15) is 8.42 Å². The van der Waals surface area contributed by atoms with E-state index in [0.717, 1.165) is 19.3 Å². The average molecular weight is 331 g/mol. The lowest BCUT2D eigenvalue weighted by Gasteiger charge is -2.29. The maximum atomic E-state index is 12.7. The van der Waals surface area contributed by atoms with Crippen LogP contribution in [-0.2, 0) is 10.0 Å². The molecule has 1 aliphatic rings. The topological polar surface area (TPSA) is 50.3 Å². The van der Waals surface area contributed by atoms with Gasteiger partial charge in [-0.05, 0) is 36.7 Å². The minimum Gasteiger partial charge on any atom is -0.263 e. The first-order chi connectivity index (χ1) is 9.73. The van der Waals surface area contributed by atoms with Crippen molar-refractivity contribution in [2.75, 3.05) is 13.1 Å².